The highest BCUT2D eigenvalue weighted by Crippen LogP contribution is 2.60. The standard InChI is InChI=1S/C88H65N/c1-85(2)76-36-20-17-32-64(76)67-45-41-57(49-81(67)85)89(58-42-46-68-65-33-18-21-37-77(65)86(3,4)82(68)50-58)59-43-47-69-66-44-40-54(48-80(66)87(5,6)83(69)51-59)72-52-74-63-31-16-15-30-62(63)73(53-75(74)61-29-14-13-28-60(61)72)70-35-23-39-79-84(70)71-34-19-22-38-78(71)88(79,55-24-9-7-10-25-55)56-26-11-8-12-27-56/h7-53H,1-6H3. The van der Waals surface area contributed by atoms with Gasteiger partial charge in [-0.3, -0.25) is 0 Å². The molecule has 0 atom stereocenters. The first-order valence-electron chi connectivity index (χ1n) is 31.7. The minimum atomic E-state index is -0.491. The van der Waals surface area contributed by atoms with E-state index in [2.05, 4.69) is 332 Å². The Kier molecular flexibility index (Phi) is 10.8. The molecule has 0 amide bonds. The highest BCUT2D eigenvalue weighted by atomic mass is 15.1. The number of nitrogens with zero attached hydrogens (tertiary/aromatic N) is 1. The molecule has 0 radical (unpaired) electrons. The quantitative estimate of drug-likeness (QED) is 0.144. The third-order valence-electron chi connectivity index (χ3n) is 21.5. The molecule has 0 fully saturated rings. The fourth-order valence-corrected chi connectivity index (χ4v) is 17.3. The molecule has 0 saturated heterocycles. The zero-order valence-corrected chi connectivity index (χ0v) is 51.1. The Hall–Kier alpha value is -10.3. The summed E-state index contributed by atoms with van der Waals surface area (Å²) in [4.78, 5) is 2.53. The van der Waals surface area contributed by atoms with Crippen LogP contribution < -0.4 is 4.90 Å². The van der Waals surface area contributed by atoms with Gasteiger partial charge in [-0.2, -0.15) is 0 Å². The van der Waals surface area contributed by atoms with Crippen LogP contribution in [-0.2, 0) is 21.7 Å². The molecule has 14 aromatic carbocycles. The van der Waals surface area contributed by atoms with Crippen LogP contribution in [0.25, 0.3) is 99.1 Å². The van der Waals surface area contributed by atoms with Gasteiger partial charge < -0.3 is 4.90 Å². The summed E-state index contributed by atoms with van der Waals surface area (Å²) >= 11 is 0. The van der Waals surface area contributed by atoms with E-state index in [1.165, 1.54) is 166 Å². The number of rotatable bonds is 7. The normalized spacial score (nSPS) is 15.2. The molecule has 1 heteroatoms. The third kappa shape index (κ3) is 7.08. The molecule has 14 aromatic rings. The van der Waals surface area contributed by atoms with Crippen LogP contribution in [0.15, 0.2) is 285 Å². The molecule has 0 N–H and O–H groups in total. The van der Waals surface area contributed by atoms with E-state index in [9.17, 15) is 0 Å². The van der Waals surface area contributed by atoms with Gasteiger partial charge in [0.2, 0.25) is 0 Å². The predicted molar refractivity (Wildman–Crippen MR) is 375 cm³/mol. The first kappa shape index (κ1) is 51.8. The highest BCUT2D eigenvalue weighted by molar-refractivity contribution is 6.24. The fraction of sp³-hybridized carbons (Fsp3) is 0.114. The third-order valence-corrected chi connectivity index (χ3v) is 21.5. The number of fused-ring (bicyclic) bond motifs is 17. The van der Waals surface area contributed by atoms with E-state index in [0.717, 1.165) is 5.69 Å². The molecule has 0 spiro atoms. The molecule has 0 unspecified atom stereocenters. The molecule has 4 aliphatic rings. The molecule has 1 nitrogen and oxygen atoms in total. The zero-order chi connectivity index (χ0) is 59.7. The van der Waals surface area contributed by atoms with Crippen molar-refractivity contribution >= 4 is 49.4 Å². The smallest absolute Gasteiger partial charge is 0.0713 e. The van der Waals surface area contributed by atoms with Crippen LogP contribution >= 0.6 is 0 Å². The highest BCUT2D eigenvalue weighted by Gasteiger charge is 2.47. The second-order valence-electron chi connectivity index (χ2n) is 27.0. The van der Waals surface area contributed by atoms with Crippen molar-refractivity contribution in [1.82, 2.24) is 0 Å². The van der Waals surface area contributed by atoms with Crippen LogP contribution in [0.2, 0.25) is 0 Å². The van der Waals surface area contributed by atoms with Gasteiger partial charge in [-0.15, -0.1) is 0 Å². The molecule has 0 heterocycles. The minimum absolute atomic E-state index is 0.142. The number of anilines is 3. The van der Waals surface area contributed by atoms with E-state index < -0.39 is 5.41 Å². The van der Waals surface area contributed by atoms with E-state index in [1.807, 2.05) is 0 Å². The van der Waals surface area contributed by atoms with Crippen molar-refractivity contribution in [1.29, 1.82) is 0 Å². The maximum absolute atomic E-state index is 2.53. The predicted octanol–water partition coefficient (Wildman–Crippen LogP) is 23.2. The lowest BCUT2D eigenvalue weighted by atomic mass is 9.67. The summed E-state index contributed by atoms with van der Waals surface area (Å²) in [6, 6.07) is 109. The second kappa shape index (κ2) is 18.6. The van der Waals surface area contributed by atoms with E-state index >= 15 is 0 Å². The van der Waals surface area contributed by atoms with Crippen LogP contribution in [0, 0.1) is 0 Å². The molecule has 0 saturated carbocycles. The van der Waals surface area contributed by atoms with Gasteiger partial charge in [-0.05, 0) is 209 Å². The van der Waals surface area contributed by atoms with Crippen LogP contribution in [0.3, 0.4) is 0 Å². The Morgan fingerprint density at radius 2 is 0.573 bits per heavy atom. The monoisotopic (exact) mass is 1140 g/mol. The average Bonchev–Trinajstić information content (AvgIpc) is 1.60. The summed E-state index contributed by atoms with van der Waals surface area (Å²) in [7, 11) is 0. The maximum Gasteiger partial charge on any atom is 0.0713 e. The van der Waals surface area contributed by atoms with Gasteiger partial charge in [0.1, 0.15) is 0 Å². The Morgan fingerprint density at radius 3 is 1.09 bits per heavy atom. The topological polar surface area (TPSA) is 3.24 Å². The number of benzene rings is 14. The number of hydrogen-bond donors (Lipinski definition) is 0. The van der Waals surface area contributed by atoms with E-state index in [-0.39, 0.29) is 16.2 Å². The molecule has 0 bridgehead atoms. The van der Waals surface area contributed by atoms with Gasteiger partial charge in [0.15, 0.2) is 0 Å². The molecule has 4 aliphatic carbocycles. The van der Waals surface area contributed by atoms with E-state index in [0.29, 0.717) is 0 Å². The van der Waals surface area contributed by atoms with Crippen molar-refractivity contribution in [2.24, 2.45) is 0 Å². The Labute approximate surface area is 521 Å². The first-order valence-corrected chi connectivity index (χ1v) is 31.7. The van der Waals surface area contributed by atoms with Crippen LogP contribution in [-0.4, -0.2) is 0 Å². The minimum Gasteiger partial charge on any atom is -0.310 e. The molecule has 0 aliphatic heterocycles. The average molecular weight is 1140 g/mol. The van der Waals surface area contributed by atoms with Crippen LogP contribution in [0.5, 0.6) is 0 Å². The summed E-state index contributed by atoms with van der Waals surface area (Å²) in [5, 5.41) is 7.55. The van der Waals surface area contributed by atoms with Crippen molar-refractivity contribution < 1.29 is 0 Å². The second-order valence-corrected chi connectivity index (χ2v) is 27.0. The molecule has 89 heavy (non-hydrogen) atoms. The molecular formula is C88H65N. The first-order chi connectivity index (χ1) is 43.4. The van der Waals surface area contributed by atoms with Crippen LogP contribution in [0.1, 0.15) is 97.2 Å². The van der Waals surface area contributed by atoms with Gasteiger partial charge in [0.05, 0.1) is 5.41 Å². The lowest BCUT2D eigenvalue weighted by Crippen LogP contribution is -2.28. The fourth-order valence-electron chi connectivity index (χ4n) is 17.3. The summed E-state index contributed by atoms with van der Waals surface area (Å²) in [6.07, 6.45) is 0. The van der Waals surface area contributed by atoms with E-state index in [4.69, 9.17) is 0 Å². The van der Waals surface area contributed by atoms with Gasteiger partial charge in [-0.25, -0.2) is 0 Å². The van der Waals surface area contributed by atoms with Crippen molar-refractivity contribution in [3.05, 3.63) is 341 Å². The van der Waals surface area contributed by atoms with Crippen molar-refractivity contribution in [3.63, 3.8) is 0 Å². The summed E-state index contributed by atoms with van der Waals surface area (Å²) < 4.78 is 0. The lowest BCUT2D eigenvalue weighted by molar-refractivity contribution is 0.659. The Balaban J connectivity index is 0.776. The summed E-state index contributed by atoms with van der Waals surface area (Å²) in [5.74, 6) is 0. The molecule has 18 rings (SSSR count). The summed E-state index contributed by atoms with van der Waals surface area (Å²) in [5.41, 5.74) is 31.3. The van der Waals surface area contributed by atoms with Gasteiger partial charge in [0, 0.05) is 33.3 Å². The Bertz CT molecular complexity index is 5200. The van der Waals surface area contributed by atoms with Gasteiger partial charge in [-0.1, -0.05) is 272 Å². The van der Waals surface area contributed by atoms with Gasteiger partial charge in [0.25, 0.3) is 0 Å². The Morgan fingerprint density at radius 1 is 0.213 bits per heavy atom. The van der Waals surface area contributed by atoms with Gasteiger partial charge >= 0.3 is 0 Å². The van der Waals surface area contributed by atoms with Crippen molar-refractivity contribution in [2.45, 2.75) is 63.2 Å². The SMILES string of the molecule is CC1(C)c2ccccc2-c2ccc(N(c3ccc4c(c3)C(C)(C)c3ccccc3-4)c3ccc4c(c3)C(C)(C)c3cc(-c5cc6c7ccccc7c(-c7cccc8c7-c7ccccc7C8(c7ccccc7)c7ccccc7)cc6c6ccccc56)ccc3-4)cc21. The molecule has 422 valence electrons. The number of hydrogen-bond acceptors (Lipinski definition) is 1. The largest absolute Gasteiger partial charge is 0.310 e. The molecule has 0 aromatic heterocycles. The maximum atomic E-state index is 2.53. The van der Waals surface area contributed by atoms with E-state index in [1.54, 1.807) is 0 Å². The van der Waals surface area contributed by atoms with Crippen LogP contribution in [0.4, 0.5) is 17.1 Å². The van der Waals surface area contributed by atoms with Crippen molar-refractivity contribution in [2.75, 3.05) is 4.90 Å². The van der Waals surface area contributed by atoms with Crippen molar-refractivity contribution in [3.8, 4) is 66.8 Å². The zero-order valence-electron chi connectivity index (χ0n) is 51.1. The summed E-state index contributed by atoms with van der Waals surface area (Å²) in [6.45, 7) is 14.4. The molecular weight excluding hydrogens is 1070 g/mol. The lowest BCUT2D eigenvalue weighted by Gasteiger charge is -2.34.